The molecule has 0 heterocycles. The van der Waals surface area contributed by atoms with Crippen LogP contribution in [0.1, 0.15) is 20.7 Å². The Labute approximate surface area is 143 Å². The van der Waals surface area contributed by atoms with Crippen molar-refractivity contribution in [1.82, 2.24) is 0 Å². The summed E-state index contributed by atoms with van der Waals surface area (Å²) in [5.41, 5.74) is 0.424. The SMILES string of the molecule is O=C(COC(=O)c1cc2ccccc2cc1O)c1ccc(Cl)cc1. The van der Waals surface area contributed by atoms with Crippen molar-refractivity contribution < 1.29 is 19.4 Å². The molecule has 0 aromatic heterocycles. The number of benzene rings is 3. The summed E-state index contributed by atoms with van der Waals surface area (Å²) in [5.74, 6) is -1.28. The zero-order valence-electron chi connectivity index (χ0n) is 12.5. The van der Waals surface area contributed by atoms with Crippen LogP contribution in [0.5, 0.6) is 5.75 Å². The first-order chi connectivity index (χ1) is 11.5. The van der Waals surface area contributed by atoms with E-state index in [0.29, 0.717) is 10.6 Å². The van der Waals surface area contributed by atoms with Crippen LogP contribution in [0.2, 0.25) is 5.02 Å². The molecule has 0 bridgehead atoms. The lowest BCUT2D eigenvalue weighted by molar-refractivity contribution is 0.0472. The molecule has 0 unspecified atom stereocenters. The van der Waals surface area contributed by atoms with Crippen LogP contribution in [-0.4, -0.2) is 23.5 Å². The van der Waals surface area contributed by atoms with Crippen LogP contribution in [-0.2, 0) is 4.74 Å². The maximum atomic E-state index is 12.1. The van der Waals surface area contributed by atoms with Gasteiger partial charge in [0.25, 0.3) is 0 Å². The minimum atomic E-state index is -0.749. The first-order valence-corrected chi connectivity index (χ1v) is 7.60. The maximum absolute atomic E-state index is 12.1. The molecule has 3 aromatic carbocycles. The average molecular weight is 341 g/mol. The molecule has 0 fully saturated rings. The van der Waals surface area contributed by atoms with Gasteiger partial charge in [0.05, 0.1) is 0 Å². The van der Waals surface area contributed by atoms with Crippen LogP contribution in [0.3, 0.4) is 0 Å². The van der Waals surface area contributed by atoms with Crippen molar-refractivity contribution in [3.63, 3.8) is 0 Å². The predicted molar refractivity (Wildman–Crippen MR) is 91.7 cm³/mol. The molecule has 3 aromatic rings. The number of esters is 1. The zero-order chi connectivity index (χ0) is 17.1. The van der Waals surface area contributed by atoms with Crippen LogP contribution in [0.25, 0.3) is 10.8 Å². The lowest BCUT2D eigenvalue weighted by Gasteiger charge is -2.08. The number of Topliss-reactive ketones (excluding diaryl/α,β-unsaturated/α-hetero) is 1. The maximum Gasteiger partial charge on any atom is 0.342 e. The van der Waals surface area contributed by atoms with Crippen LogP contribution >= 0.6 is 11.6 Å². The fourth-order valence-corrected chi connectivity index (χ4v) is 2.45. The Morgan fingerprint density at radius 1 is 0.958 bits per heavy atom. The third kappa shape index (κ3) is 3.39. The number of carbonyl (C=O) groups is 2. The molecule has 0 amide bonds. The van der Waals surface area contributed by atoms with Crippen molar-refractivity contribution in [1.29, 1.82) is 0 Å². The smallest absolute Gasteiger partial charge is 0.342 e. The lowest BCUT2D eigenvalue weighted by atomic mass is 10.1. The topological polar surface area (TPSA) is 63.6 Å². The van der Waals surface area contributed by atoms with Gasteiger partial charge in [-0.05, 0) is 47.2 Å². The normalized spacial score (nSPS) is 10.5. The van der Waals surface area contributed by atoms with Crippen LogP contribution in [0.4, 0.5) is 0 Å². The minimum Gasteiger partial charge on any atom is -0.507 e. The van der Waals surface area contributed by atoms with Gasteiger partial charge in [0.15, 0.2) is 12.4 Å². The van der Waals surface area contributed by atoms with Gasteiger partial charge < -0.3 is 9.84 Å². The van der Waals surface area contributed by atoms with Crippen molar-refractivity contribution in [2.45, 2.75) is 0 Å². The summed E-state index contributed by atoms with van der Waals surface area (Å²) in [4.78, 5) is 24.1. The molecule has 24 heavy (non-hydrogen) atoms. The van der Waals surface area contributed by atoms with Crippen molar-refractivity contribution in [3.8, 4) is 5.75 Å². The molecule has 120 valence electrons. The molecule has 0 atom stereocenters. The largest absolute Gasteiger partial charge is 0.507 e. The number of ketones is 1. The molecule has 0 aliphatic heterocycles. The molecule has 0 saturated carbocycles. The second-order valence-corrected chi connectivity index (χ2v) is 5.66. The second kappa shape index (κ2) is 6.72. The fraction of sp³-hybridized carbons (Fsp3) is 0.0526. The first kappa shape index (κ1) is 16.0. The molecule has 4 nitrogen and oxygen atoms in total. The van der Waals surface area contributed by atoms with E-state index in [1.165, 1.54) is 6.07 Å². The van der Waals surface area contributed by atoms with Gasteiger partial charge >= 0.3 is 5.97 Å². The number of phenols is 1. The van der Waals surface area contributed by atoms with E-state index in [1.54, 1.807) is 30.3 Å². The number of fused-ring (bicyclic) bond motifs is 1. The van der Waals surface area contributed by atoms with E-state index in [2.05, 4.69) is 0 Å². The Bertz CT molecular complexity index is 916. The molecule has 0 aliphatic rings. The zero-order valence-corrected chi connectivity index (χ0v) is 13.3. The van der Waals surface area contributed by atoms with E-state index in [-0.39, 0.29) is 17.1 Å². The van der Waals surface area contributed by atoms with Gasteiger partial charge in [-0.2, -0.15) is 0 Å². The number of halogens is 1. The van der Waals surface area contributed by atoms with Crippen LogP contribution < -0.4 is 0 Å². The molecule has 0 radical (unpaired) electrons. The molecular weight excluding hydrogens is 328 g/mol. The Morgan fingerprint density at radius 3 is 2.25 bits per heavy atom. The molecule has 3 rings (SSSR count). The van der Waals surface area contributed by atoms with E-state index in [4.69, 9.17) is 16.3 Å². The van der Waals surface area contributed by atoms with Gasteiger partial charge in [-0.1, -0.05) is 35.9 Å². The van der Waals surface area contributed by atoms with E-state index in [0.717, 1.165) is 10.8 Å². The number of rotatable bonds is 4. The Morgan fingerprint density at radius 2 is 1.58 bits per heavy atom. The van der Waals surface area contributed by atoms with Gasteiger partial charge in [0, 0.05) is 10.6 Å². The highest BCUT2D eigenvalue weighted by Gasteiger charge is 2.16. The van der Waals surface area contributed by atoms with E-state index in [1.807, 2.05) is 24.3 Å². The number of hydrogen-bond acceptors (Lipinski definition) is 4. The van der Waals surface area contributed by atoms with Crippen molar-refractivity contribution in [2.75, 3.05) is 6.61 Å². The molecule has 0 aliphatic carbocycles. The summed E-state index contributed by atoms with van der Waals surface area (Å²) in [5, 5.41) is 12.1. The minimum absolute atomic E-state index is 0.0256. The lowest BCUT2D eigenvalue weighted by Crippen LogP contribution is -2.14. The third-order valence-electron chi connectivity index (χ3n) is 3.58. The Hall–Kier alpha value is -2.85. The molecule has 5 heteroatoms. The number of hydrogen-bond donors (Lipinski definition) is 1. The standard InChI is InChI=1S/C19H13ClO4/c20-15-7-5-12(6-8-15)18(22)11-24-19(23)16-9-13-3-1-2-4-14(13)10-17(16)21/h1-10,21H,11H2. The number of carbonyl (C=O) groups excluding carboxylic acids is 2. The summed E-state index contributed by atoms with van der Waals surface area (Å²) in [7, 11) is 0. The predicted octanol–water partition coefficient (Wildman–Crippen LogP) is 4.24. The van der Waals surface area contributed by atoms with Crippen molar-refractivity contribution >= 4 is 34.1 Å². The Kier molecular flexibility index (Phi) is 4.49. The van der Waals surface area contributed by atoms with Gasteiger partial charge in [0.1, 0.15) is 11.3 Å². The molecule has 1 N–H and O–H groups in total. The average Bonchev–Trinajstić information content (AvgIpc) is 2.59. The Balaban J connectivity index is 1.74. The van der Waals surface area contributed by atoms with Crippen LogP contribution in [0, 0.1) is 0 Å². The summed E-state index contributed by atoms with van der Waals surface area (Å²) in [6.45, 7) is -0.410. The number of aromatic hydroxyl groups is 1. The van der Waals surface area contributed by atoms with E-state index < -0.39 is 12.6 Å². The van der Waals surface area contributed by atoms with E-state index >= 15 is 0 Å². The van der Waals surface area contributed by atoms with Crippen molar-refractivity contribution in [3.05, 3.63) is 76.8 Å². The fourth-order valence-electron chi connectivity index (χ4n) is 2.32. The highest BCUT2D eigenvalue weighted by Crippen LogP contribution is 2.25. The molecular formula is C19H13ClO4. The van der Waals surface area contributed by atoms with Crippen LogP contribution in [0.15, 0.2) is 60.7 Å². The monoisotopic (exact) mass is 340 g/mol. The quantitative estimate of drug-likeness (QED) is 0.570. The van der Waals surface area contributed by atoms with Gasteiger partial charge in [-0.25, -0.2) is 4.79 Å². The summed E-state index contributed by atoms with van der Waals surface area (Å²) in [6.07, 6.45) is 0. The van der Waals surface area contributed by atoms with Gasteiger partial charge in [-0.15, -0.1) is 0 Å². The highest BCUT2D eigenvalue weighted by atomic mass is 35.5. The van der Waals surface area contributed by atoms with Gasteiger partial charge in [-0.3, -0.25) is 4.79 Å². The van der Waals surface area contributed by atoms with E-state index in [9.17, 15) is 14.7 Å². The third-order valence-corrected chi connectivity index (χ3v) is 3.84. The molecule has 0 saturated heterocycles. The highest BCUT2D eigenvalue weighted by molar-refractivity contribution is 6.30. The summed E-state index contributed by atoms with van der Waals surface area (Å²) < 4.78 is 5.02. The molecule has 0 spiro atoms. The second-order valence-electron chi connectivity index (χ2n) is 5.22. The number of ether oxygens (including phenoxy) is 1. The summed E-state index contributed by atoms with van der Waals surface area (Å²) >= 11 is 5.76. The summed E-state index contributed by atoms with van der Waals surface area (Å²) in [6, 6.07) is 16.7. The number of phenolic OH excluding ortho intramolecular Hbond substituents is 1. The first-order valence-electron chi connectivity index (χ1n) is 7.22. The van der Waals surface area contributed by atoms with Crippen molar-refractivity contribution in [2.24, 2.45) is 0 Å². The van der Waals surface area contributed by atoms with Gasteiger partial charge in [0.2, 0.25) is 0 Å².